The lowest BCUT2D eigenvalue weighted by Gasteiger charge is -2.28. The Labute approximate surface area is 130 Å². The summed E-state index contributed by atoms with van der Waals surface area (Å²) in [6.45, 7) is 1.93. The highest BCUT2D eigenvalue weighted by molar-refractivity contribution is 5.80. The lowest BCUT2D eigenvalue weighted by Crippen LogP contribution is -2.51. The highest BCUT2D eigenvalue weighted by atomic mass is 16.5. The van der Waals surface area contributed by atoms with Crippen molar-refractivity contribution in [1.29, 1.82) is 0 Å². The maximum absolute atomic E-state index is 12.2. The normalized spacial score (nSPS) is 15.6. The van der Waals surface area contributed by atoms with Crippen molar-refractivity contribution in [2.24, 2.45) is 5.92 Å². The second kappa shape index (κ2) is 7.09. The van der Waals surface area contributed by atoms with E-state index in [1.165, 1.54) is 0 Å². The highest BCUT2D eigenvalue weighted by Gasteiger charge is 2.27. The van der Waals surface area contributed by atoms with Gasteiger partial charge in [0, 0.05) is 13.1 Å². The molecular weight excluding hydrogens is 276 g/mol. The van der Waals surface area contributed by atoms with Crippen LogP contribution in [0.2, 0.25) is 0 Å². The molecule has 1 fully saturated rings. The molecule has 0 radical (unpaired) electrons. The molecule has 1 saturated heterocycles. The van der Waals surface area contributed by atoms with Crippen LogP contribution in [-0.2, 0) is 4.79 Å². The number of carbonyl (C=O) groups excluding carboxylic acids is 1. The van der Waals surface area contributed by atoms with Gasteiger partial charge in [0.1, 0.15) is 12.4 Å². The van der Waals surface area contributed by atoms with E-state index >= 15 is 0 Å². The number of amides is 1. The first-order chi connectivity index (χ1) is 10.8. The molecule has 114 valence electrons. The third-order valence-corrected chi connectivity index (χ3v) is 3.83. The van der Waals surface area contributed by atoms with Crippen molar-refractivity contribution in [3.8, 4) is 5.75 Å². The summed E-state index contributed by atoms with van der Waals surface area (Å²) >= 11 is 0. The fraction of sp³-hybridized carbons (Fsp3) is 0.278. The Kier molecular flexibility index (Phi) is 4.71. The molecule has 3 rings (SSSR count). The summed E-state index contributed by atoms with van der Waals surface area (Å²) in [5.41, 5.74) is 1.05. The molecule has 1 heterocycles. The van der Waals surface area contributed by atoms with Gasteiger partial charge < -0.3 is 15.4 Å². The summed E-state index contributed by atoms with van der Waals surface area (Å²) in [6, 6.07) is 19.5. The molecule has 1 aliphatic heterocycles. The van der Waals surface area contributed by atoms with E-state index in [0.717, 1.165) is 24.4 Å². The van der Waals surface area contributed by atoms with Crippen LogP contribution in [0.5, 0.6) is 5.75 Å². The minimum atomic E-state index is -0.144. The smallest absolute Gasteiger partial charge is 0.226 e. The van der Waals surface area contributed by atoms with Crippen LogP contribution in [-0.4, -0.2) is 25.6 Å². The van der Waals surface area contributed by atoms with Gasteiger partial charge in [0.2, 0.25) is 5.91 Å². The molecule has 2 N–H and O–H groups in total. The number of para-hydroxylation sites is 1. The van der Waals surface area contributed by atoms with E-state index in [4.69, 9.17) is 4.74 Å². The van der Waals surface area contributed by atoms with E-state index in [9.17, 15) is 4.79 Å². The van der Waals surface area contributed by atoms with Gasteiger partial charge in [-0.3, -0.25) is 4.79 Å². The van der Waals surface area contributed by atoms with E-state index in [1.54, 1.807) is 0 Å². The second-order valence-corrected chi connectivity index (χ2v) is 5.45. The molecule has 1 atom stereocenters. The minimum Gasteiger partial charge on any atom is -0.491 e. The quantitative estimate of drug-likeness (QED) is 0.858. The Hall–Kier alpha value is -2.33. The summed E-state index contributed by atoms with van der Waals surface area (Å²) < 4.78 is 5.82. The number of ether oxygens (including phenoxy) is 1. The second-order valence-electron chi connectivity index (χ2n) is 5.45. The van der Waals surface area contributed by atoms with Crippen LogP contribution >= 0.6 is 0 Å². The molecule has 4 nitrogen and oxygen atoms in total. The van der Waals surface area contributed by atoms with Gasteiger partial charge in [0.05, 0.1) is 12.0 Å². The van der Waals surface area contributed by atoms with Gasteiger partial charge in [-0.2, -0.15) is 0 Å². The maximum atomic E-state index is 12.2. The van der Waals surface area contributed by atoms with Gasteiger partial charge in [0.15, 0.2) is 0 Å². The third kappa shape index (κ3) is 3.65. The molecule has 2 aromatic carbocycles. The number of nitrogens with one attached hydrogen (secondary N) is 2. The van der Waals surface area contributed by atoms with Gasteiger partial charge in [-0.25, -0.2) is 0 Å². The number of benzene rings is 2. The molecule has 1 aliphatic rings. The van der Waals surface area contributed by atoms with Crippen LogP contribution in [0.15, 0.2) is 60.7 Å². The molecule has 1 amide bonds. The van der Waals surface area contributed by atoms with Gasteiger partial charge in [0.25, 0.3) is 0 Å². The van der Waals surface area contributed by atoms with Gasteiger partial charge in [-0.15, -0.1) is 0 Å². The summed E-state index contributed by atoms with van der Waals surface area (Å²) in [6.07, 6.45) is 0. The zero-order valence-electron chi connectivity index (χ0n) is 12.4. The largest absolute Gasteiger partial charge is 0.491 e. The molecule has 2 aromatic rings. The first kappa shape index (κ1) is 14.6. The van der Waals surface area contributed by atoms with Crippen molar-refractivity contribution < 1.29 is 9.53 Å². The Morgan fingerprint density at radius 3 is 2.32 bits per heavy atom. The van der Waals surface area contributed by atoms with Crippen LogP contribution in [0.4, 0.5) is 0 Å². The van der Waals surface area contributed by atoms with E-state index in [2.05, 4.69) is 10.6 Å². The van der Waals surface area contributed by atoms with Crippen LogP contribution < -0.4 is 15.4 Å². The minimum absolute atomic E-state index is 0.0722. The number of carbonyl (C=O) groups is 1. The Bertz CT molecular complexity index is 597. The Morgan fingerprint density at radius 2 is 1.73 bits per heavy atom. The first-order valence-corrected chi connectivity index (χ1v) is 7.57. The zero-order valence-corrected chi connectivity index (χ0v) is 12.4. The molecule has 0 spiro atoms. The van der Waals surface area contributed by atoms with Crippen molar-refractivity contribution in [3.63, 3.8) is 0 Å². The van der Waals surface area contributed by atoms with Crippen molar-refractivity contribution in [2.75, 3.05) is 19.7 Å². The topological polar surface area (TPSA) is 50.4 Å². The van der Waals surface area contributed by atoms with E-state index in [1.807, 2.05) is 60.7 Å². The predicted octanol–water partition coefficient (Wildman–Crippen LogP) is 2.14. The summed E-state index contributed by atoms with van der Waals surface area (Å²) in [5, 5.41) is 6.22. The molecule has 1 unspecified atom stereocenters. The van der Waals surface area contributed by atoms with Crippen LogP contribution in [0.3, 0.4) is 0 Å². The lowest BCUT2D eigenvalue weighted by molar-refractivity contribution is -0.127. The molecule has 0 bridgehead atoms. The fourth-order valence-corrected chi connectivity index (χ4v) is 2.37. The van der Waals surface area contributed by atoms with Crippen molar-refractivity contribution in [3.05, 3.63) is 66.2 Å². The Morgan fingerprint density at radius 1 is 1.09 bits per heavy atom. The summed E-state index contributed by atoms with van der Waals surface area (Å²) in [4.78, 5) is 12.2. The van der Waals surface area contributed by atoms with Crippen LogP contribution in [0.1, 0.15) is 11.6 Å². The summed E-state index contributed by atoms with van der Waals surface area (Å²) in [7, 11) is 0. The molecular formula is C18H20N2O2. The average Bonchev–Trinajstić information content (AvgIpc) is 2.51. The number of hydrogen-bond donors (Lipinski definition) is 2. The van der Waals surface area contributed by atoms with E-state index in [0.29, 0.717) is 6.61 Å². The number of hydrogen-bond acceptors (Lipinski definition) is 3. The van der Waals surface area contributed by atoms with Crippen LogP contribution in [0, 0.1) is 5.92 Å². The van der Waals surface area contributed by atoms with Crippen LogP contribution in [0.25, 0.3) is 0 Å². The molecule has 0 aromatic heterocycles. The maximum Gasteiger partial charge on any atom is 0.226 e. The lowest BCUT2D eigenvalue weighted by atomic mass is 10.0. The molecule has 0 aliphatic carbocycles. The monoisotopic (exact) mass is 296 g/mol. The van der Waals surface area contributed by atoms with Gasteiger partial charge in [-0.1, -0.05) is 48.5 Å². The van der Waals surface area contributed by atoms with E-state index < -0.39 is 0 Å². The SMILES string of the molecule is O=C(NC(COc1ccccc1)c1ccccc1)C1CNC1. The van der Waals surface area contributed by atoms with Gasteiger partial charge in [-0.05, 0) is 17.7 Å². The number of rotatable bonds is 6. The standard InChI is InChI=1S/C18H20N2O2/c21-18(15-11-19-12-15)20-17(14-7-3-1-4-8-14)13-22-16-9-5-2-6-10-16/h1-10,15,17,19H,11-13H2,(H,20,21). The molecule has 22 heavy (non-hydrogen) atoms. The van der Waals surface area contributed by atoms with E-state index in [-0.39, 0.29) is 17.9 Å². The van der Waals surface area contributed by atoms with Crippen molar-refractivity contribution in [1.82, 2.24) is 10.6 Å². The third-order valence-electron chi connectivity index (χ3n) is 3.83. The fourth-order valence-electron chi connectivity index (χ4n) is 2.37. The summed E-state index contributed by atoms with van der Waals surface area (Å²) in [5.74, 6) is 0.968. The van der Waals surface area contributed by atoms with Crippen molar-refractivity contribution in [2.45, 2.75) is 6.04 Å². The Balaban J connectivity index is 1.67. The highest BCUT2D eigenvalue weighted by Crippen LogP contribution is 2.17. The average molecular weight is 296 g/mol. The molecule has 4 heteroatoms. The molecule has 0 saturated carbocycles. The van der Waals surface area contributed by atoms with Crippen molar-refractivity contribution >= 4 is 5.91 Å². The predicted molar refractivity (Wildman–Crippen MR) is 85.6 cm³/mol. The first-order valence-electron chi connectivity index (χ1n) is 7.57. The van der Waals surface area contributed by atoms with Gasteiger partial charge >= 0.3 is 0 Å². The zero-order chi connectivity index (χ0) is 15.2.